The zero-order chi connectivity index (χ0) is 14.6. The third-order valence-electron chi connectivity index (χ3n) is 1.11. The molecule has 0 aromatic rings. The Morgan fingerprint density at radius 2 is 1.00 bits per heavy atom. The van der Waals surface area contributed by atoms with Crippen LogP contribution in [0.15, 0.2) is 24.3 Å². The van der Waals surface area contributed by atoms with Crippen LogP contribution in [0.25, 0.3) is 0 Å². The van der Waals surface area contributed by atoms with E-state index in [1.807, 2.05) is 0 Å². The van der Waals surface area contributed by atoms with Gasteiger partial charge in [-0.05, 0) is 12.2 Å². The van der Waals surface area contributed by atoms with Crippen LogP contribution in [0, 0.1) is 0 Å². The first-order chi connectivity index (χ1) is 8.33. The van der Waals surface area contributed by atoms with Crippen molar-refractivity contribution < 1.29 is 38.9 Å². The van der Waals surface area contributed by atoms with E-state index in [0.29, 0.717) is 12.2 Å². The topological polar surface area (TPSA) is 133 Å². The van der Waals surface area contributed by atoms with Crippen molar-refractivity contribution in [1.82, 2.24) is 0 Å². The van der Waals surface area contributed by atoms with Crippen molar-refractivity contribution >= 4 is 61.6 Å². The van der Waals surface area contributed by atoms with Crippen molar-refractivity contribution in [1.29, 1.82) is 0 Å². The Labute approximate surface area is 138 Å². The molecular weight excluding hydrogens is 288 g/mol. The number of hydrogen-bond donors (Lipinski definition) is 0. The second kappa shape index (κ2) is 14.7. The number of carboxylic acid groups (broad SMARTS) is 2. The predicted octanol–water partition coefficient (Wildman–Crippen LogP) is -3.45. The number of esters is 2. The van der Waals surface area contributed by atoms with Gasteiger partial charge in [-0.15, -0.1) is 0 Å². The molecule has 0 aliphatic rings. The molecule has 0 spiro atoms. The van der Waals surface area contributed by atoms with E-state index in [-0.39, 0.29) is 37.7 Å². The number of carbonyl (C=O) groups excluding carboxylic acids is 4. The Kier molecular flexibility index (Phi) is 17.6. The fraction of sp³-hybridized carbons (Fsp3) is 0.200. The van der Waals surface area contributed by atoms with Gasteiger partial charge in [-0.1, -0.05) is 0 Å². The van der Waals surface area contributed by atoms with Crippen LogP contribution < -0.4 is 10.2 Å². The number of rotatable bonds is 4. The average molecular weight is 298 g/mol. The van der Waals surface area contributed by atoms with Crippen molar-refractivity contribution in [2.45, 2.75) is 0 Å². The second-order valence-corrected chi connectivity index (χ2v) is 2.35. The van der Waals surface area contributed by atoms with Gasteiger partial charge in [-0.3, -0.25) is 0 Å². The molecule has 9 heteroatoms. The molecule has 0 saturated heterocycles. The molecule has 0 fully saturated rings. The molecule has 0 aliphatic carbocycles. The molecule has 0 aliphatic heterocycles. The van der Waals surface area contributed by atoms with Gasteiger partial charge >= 0.3 is 49.7 Å². The maximum absolute atomic E-state index is 10.1. The van der Waals surface area contributed by atoms with Crippen LogP contribution in [0.3, 0.4) is 0 Å². The molecule has 0 atom stereocenters. The SMILES string of the molecule is COC(=O)/C=C/C(=O)[O-].COC(=O)/C=C/C(=O)[O-].[Ca+2]. The summed E-state index contributed by atoms with van der Waals surface area (Å²) in [5.74, 6) is -4.25. The van der Waals surface area contributed by atoms with Gasteiger partial charge in [-0.25, -0.2) is 9.59 Å². The molecule has 0 bridgehead atoms. The van der Waals surface area contributed by atoms with E-state index in [0.717, 1.165) is 26.4 Å². The number of methoxy groups -OCH3 is 2. The van der Waals surface area contributed by atoms with Crippen molar-refractivity contribution in [3.63, 3.8) is 0 Å². The summed E-state index contributed by atoms with van der Waals surface area (Å²) in [6, 6.07) is 0. The molecule has 0 saturated carbocycles. The van der Waals surface area contributed by atoms with Crippen LogP contribution in [0.4, 0.5) is 0 Å². The third-order valence-corrected chi connectivity index (χ3v) is 1.11. The number of aliphatic carboxylic acids is 2. The summed E-state index contributed by atoms with van der Waals surface area (Å²) in [7, 11) is 2.31. The summed E-state index contributed by atoms with van der Waals surface area (Å²) in [4.78, 5) is 39.5. The molecule has 0 aromatic heterocycles. The molecule has 0 heterocycles. The van der Waals surface area contributed by atoms with E-state index in [4.69, 9.17) is 0 Å². The minimum absolute atomic E-state index is 0. The maximum atomic E-state index is 10.1. The first kappa shape index (κ1) is 22.8. The fourth-order valence-corrected chi connectivity index (χ4v) is 0.408. The zero-order valence-corrected chi connectivity index (χ0v) is 12.5. The third kappa shape index (κ3) is 22.3. The van der Waals surface area contributed by atoms with Gasteiger partial charge in [0.25, 0.3) is 0 Å². The average Bonchev–Trinajstić information content (AvgIpc) is 2.33. The van der Waals surface area contributed by atoms with Crippen LogP contribution in [0.1, 0.15) is 0 Å². The molecule has 0 aromatic carbocycles. The van der Waals surface area contributed by atoms with Crippen molar-refractivity contribution in [3.05, 3.63) is 24.3 Å². The number of ether oxygens (including phenoxy) is 2. The van der Waals surface area contributed by atoms with Gasteiger partial charge in [0.2, 0.25) is 0 Å². The molecule has 100 valence electrons. The summed E-state index contributed by atoms with van der Waals surface area (Å²) in [6.45, 7) is 0. The Hall–Kier alpha value is -1.38. The van der Waals surface area contributed by atoms with Crippen molar-refractivity contribution in [2.75, 3.05) is 14.2 Å². The summed E-state index contributed by atoms with van der Waals surface area (Å²) >= 11 is 0. The number of carbonyl (C=O) groups is 4. The first-order valence-corrected chi connectivity index (χ1v) is 4.27. The molecule has 0 rings (SSSR count). The minimum Gasteiger partial charge on any atom is -0.545 e. The molecule has 0 unspecified atom stereocenters. The van der Waals surface area contributed by atoms with Crippen LogP contribution in [-0.4, -0.2) is 75.8 Å². The normalized spacial score (nSPS) is 8.95. The van der Waals surface area contributed by atoms with Gasteiger partial charge in [0.1, 0.15) is 0 Å². The maximum Gasteiger partial charge on any atom is 2.00 e. The Balaban J connectivity index is -0.000000256. The van der Waals surface area contributed by atoms with Crippen LogP contribution in [0.2, 0.25) is 0 Å². The summed E-state index contributed by atoms with van der Waals surface area (Å²) in [5, 5.41) is 19.2. The van der Waals surface area contributed by atoms with E-state index in [9.17, 15) is 29.4 Å². The summed E-state index contributed by atoms with van der Waals surface area (Å²) < 4.78 is 8.17. The minimum atomic E-state index is -1.42. The predicted molar refractivity (Wildman–Crippen MR) is 58.1 cm³/mol. The van der Waals surface area contributed by atoms with E-state index in [2.05, 4.69) is 9.47 Å². The Morgan fingerprint density at radius 3 is 1.16 bits per heavy atom. The molecular formula is C10H10CaO8. The van der Waals surface area contributed by atoms with Crippen LogP contribution >= 0.6 is 0 Å². The number of hydrogen-bond acceptors (Lipinski definition) is 8. The molecule has 0 N–H and O–H groups in total. The largest absolute Gasteiger partial charge is 2.00 e. The standard InChI is InChI=1S/2C5H6O4.Ca/c2*1-9-5(8)3-2-4(6)7;/h2*2-3H,1H3,(H,6,7);/q;;+2/p-2/b2*3-2+;. The van der Waals surface area contributed by atoms with Gasteiger partial charge in [0.15, 0.2) is 0 Å². The van der Waals surface area contributed by atoms with Crippen LogP contribution in [-0.2, 0) is 28.7 Å². The molecule has 0 radical (unpaired) electrons. The Morgan fingerprint density at radius 1 is 0.737 bits per heavy atom. The fourth-order valence-electron chi connectivity index (χ4n) is 0.408. The van der Waals surface area contributed by atoms with Gasteiger partial charge in [0.05, 0.1) is 26.2 Å². The summed E-state index contributed by atoms with van der Waals surface area (Å²) in [6.07, 6.45) is 2.75. The molecule has 0 amide bonds. The van der Waals surface area contributed by atoms with E-state index >= 15 is 0 Å². The van der Waals surface area contributed by atoms with Crippen molar-refractivity contribution in [3.8, 4) is 0 Å². The monoisotopic (exact) mass is 298 g/mol. The number of carboxylic acids is 2. The van der Waals surface area contributed by atoms with E-state index in [1.54, 1.807) is 0 Å². The second-order valence-electron chi connectivity index (χ2n) is 2.35. The molecule has 19 heavy (non-hydrogen) atoms. The van der Waals surface area contributed by atoms with E-state index in [1.165, 1.54) is 0 Å². The van der Waals surface area contributed by atoms with Gasteiger partial charge in [-0.2, -0.15) is 0 Å². The smallest absolute Gasteiger partial charge is 0.545 e. The first-order valence-electron chi connectivity index (χ1n) is 4.27. The van der Waals surface area contributed by atoms with Gasteiger partial charge < -0.3 is 29.3 Å². The zero-order valence-electron chi connectivity index (χ0n) is 10.3. The quantitative estimate of drug-likeness (QED) is 0.297. The van der Waals surface area contributed by atoms with Crippen LogP contribution in [0.5, 0.6) is 0 Å². The summed E-state index contributed by atoms with van der Waals surface area (Å²) in [5.41, 5.74) is 0. The molecule has 8 nitrogen and oxygen atoms in total. The van der Waals surface area contributed by atoms with Gasteiger partial charge in [0, 0.05) is 12.2 Å². The Bertz CT molecular complexity index is 336. The van der Waals surface area contributed by atoms with Crippen molar-refractivity contribution in [2.24, 2.45) is 0 Å². The van der Waals surface area contributed by atoms with E-state index < -0.39 is 23.9 Å².